The summed E-state index contributed by atoms with van der Waals surface area (Å²) in [5, 5.41) is 4.59. The standard InChI is InChI=1S/C20H22FN3O4S/c1-11-9-23(6-7-27-11)17-12(10-25)8-13-18(16(17)21)28-22-19(13)24-14-4-2-3-5-15(14)29-20(24)26/h8,10-11,14-15H,2-7,9H2,1H3. The molecule has 1 saturated carbocycles. The predicted molar refractivity (Wildman–Crippen MR) is 108 cm³/mol. The Kier molecular flexibility index (Phi) is 4.74. The number of ether oxygens (including phenoxy) is 1. The van der Waals surface area contributed by atoms with Crippen LogP contribution in [0.1, 0.15) is 43.0 Å². The summed E-state index contributed by atoms with van der Waals surface area (Å²) in [7, 11) is 0. The molecule has 1 aromatic carbocycles. The Morgan fingerprint density at radius 1 is 1.34 bits per heavy atom. The number of amides is 1. The molecule has 1 amide bonds. The van der Waals surface area contributed by atoms with Gasteiger partial charge in [0.05, 0.1) is 29.8 Å². The van der Waals surface area contributed by atoms with Crippen molar-refractivity contribution in [2.24, 2.45) is 0 Å². The SMILES string of the molecule is CC1CN(c2c(C=O)cc3c(N4C(=O)SC5CCCCC54)noc3c2F)CCO1. The first kappa shape index (κ1) is 18.9. The van der Waals surface area contributed by atoms with Gasteiger partial charge in [0.25, 0.3) is 5.24 Å². The van der Waals surface area contributed by atoms with E-state index < -0.39 is 5.82 Å². The van der Waals surface area contributed by atoms with E-state index in [1.54, 1.807) is 11.0 Å². The lowest BCUT2D eigenvalue weighted by Crippen LogP contribution is -2.42. The molecule has 154 valence electrons. The van der Waals surface area contributed by atoms with E-state index in [1.807, 2.05) is 11.8 Å². The minimum Gasteiger partial charge on any atom is -0.375 e. The summed E-state index contributed by atoms with van der Waals surface area (Å²) in [6.07, 6.45) is 4.63. The minimum atomic E-state index is -0.614. The normalized spacial score (nSPS) is 27.5. The van der Waals surface area contributed by atoms with Crippen LogP contribution in [0.3, 0.4) is 0 Å². The molecule has 3 fully saturated rings. The maximum absolute atomic E-state index is 15.5. The maximum atomic E-state index is 15.5. The van der Waals surface area contributed by atoms with Gasteiger partial charge >= 0.3 is 0 Å². The molecule has 0 radical (unpaired) electrons. The van der Waals surface area contributed by atoms with Crippen LogP contribution in [0.25, 0.3) is 11.0 Å². The van der Waals surface area contributed by atoms with Crippen LogP contribution in [0, 0.1) is 5.82 Å². The van der Waals surface area contributed by atoms with Gasteiger partial charge < -0.3 is 14.2 Å². The van der Waals surface area contributed by atoms with E-state index >= 15 is 4.39 Å². The molecule has 2 aliphatic heterocycles. The topological polar surface area (TPSA) is 75.9 Å². The number of nitrogens with zero attached hydrogens (tertiary/aromatic N) is 3. The summed E-state index contributed by atoms with van der Waals surface area (Å²) >= 11 is 1.32. The van der Waals surface area contributed by atoms with Crippen molar-refractivity contribution in [1.82, 2.24) is 5.16 Å². The van der Waals surface area contributed by atoms with Crippen molar-refractivity contribution >= 4 is 45.8 Å². The van der Waals surface area contributed by atoms with Gasteiger partial charge in [0.2, 0.25) is 5.58 Å². The first-order valence-corrected chi connectivity index (χ1v) is 10.9. The second kappa shape index (κ2) is 7.28. The van der Waals surface area contributed by atoms with Crippen molar-refractivity contribution < 1.29 is 23.2 Å². The van der Waals surface area contributed by atoms with Crippen LogP contribution >= 0.6 is 11.8 Å². The molecule has 0 spiro atoms. The summed E-state index contributed by atoms with van der Waals surface area (Å²) < 4.78 is 26.4. The fourth-order valence-electron chi connectivity index (χ4n) is 4.72. The molecular formula is C20H22FN3O4S. The number of aromatic nitrogens is 1. The number of thioether (sulfide) groups is 1. The third kappa shape index (κ3) is 3.02. The molecule has 9 heteroatoms. The summed E-state index contributed by atoms with van der Waals surface area (Å²) in [4.78, 5) is 28.0. The van der Waals surface area contributed by atoms with Crippen LogP contribution in [0.4, 0.5) is 20.7 Å². The van der Waals surface area contributed by atoms with Crippen molar-refractivity contribution in [3.63, 3.8) is 0 Å². The van der Waals surface area contributed by atoms with Gasteiger partial charge in [0.1, 0.15) is 0 Å². The molecule has 3 unspecified atom stereocenters. The largest absolute Gasteiger partial charge is 0.375 e. The number of fused-ring (bicyclic) bond motifs is 2. The monoisotopic (exact) mass is 419 g/mol. The first-order chi connectivity index (χ1) is 14.1. The van der Waals surface area contributed by atoms with Crippen LogP contribution in [0.5, 0.6) is 0 Å². The highest BCUT2D eigenvalue weighted by molar-refractivity contribution is 8.14. The molecule has 0 N–H and O–H groups in total. The van der Waals surface area contributed by atoms with Gasteiger partial charge in [-0.1, -0.05) is 29.8 Å². The number of hydrogen-bond acceptors (Lipinski definition) is 7. The Morgan fingerprint density at radius 3 is 2.97 bits per heavy atom. The van der Waals surface area contributed by atoms with Crippen molar-refractivity contribution in [3.05, 3.63) is 17.4 Å². The highest BCUT2D eigenvalue weighted by Crippen LogP contribution is 2.45. The van der Waals surface area contributed by atoms with Crippen LogP contribution in [-0.2, 0) is 4.74 Å². The van der Waals surface area contributed by atoms with Crippen molar-refractivity contribution in [2.75, 3.05) is 29.5 Å². The Balaban J connectivity index is 1.60. The Morgan fingerprint density at radius 2 is 2.17 bits per heavy atom. The number of benzene rings is 1. The number of carbonyl (C=O) groups excluding carboxylic acids is 2. The van der Waals surface area contributed by atoms with Gasteiger partial charge in [-0.15, -0.1) is 0 Å². The van der Waals surface area contributed by atoms with Crippen molar-refractivity contribution in [2.45, 2.75) is 50.0 Å². The molecule has 29 heavy (non-hydrogen) atoms. The van der Waals surface area contributed by atoms with Gasteiger partial charge in [-0.3, -0.25) is 14.5 Å². The van der Waals surface area contributed by atoms with E-state index in [0.717, 1.165) is 25.7 Å². The average Bonchev–Trinajstić information content (AvgIpc) is 3.27. The fourth-order valence-corrected chi connectivity index (χ4v) is 6.01. The van der Waals surface area contributed by atoms with E-state index in [0.29, 0.717) is 37.2 Å². The molecule has 0 bridgehead atoms. The minimum absolute atomic E-state index is 0.0168. The molecule has 7 nitrogen and oxygen atoms in total. The molecule has 3 atom stereocenters. The molecule has 5 rings (SSSR count). The first-order valence-electron chi connectivity index (χ1n) is 10.0. The van der Waals surface area contributed by atoms with Gasteiger partial charge in [-0.2, -0.15) is 0 Å². The summed E-state index contributed by atoms with van der Waals surface area (Å²) in [6, 6.07) is 1.64. The van der Waals surface area contributed by atoms with Crippen molar-refractivity contribution in [3.8, 4) is 0 Å². The summed E-state index contributed by atoms with van der Waals surface area (Å²) in [6.45, 7) is 3.34. The van der Waals surface area contributed by atoms with Crippen LogP contribution in [0.2, 0.25) is 0 Å². The van der Waals surface area contributed by atoms with Gasteiger partial charge in [-0.05, 0) is 25.8 Å². The Bertz CT molecular complexity index is 980. The predicted octanol–water partition coefficient (Wildman–Crippen LogP) is 3.99. The average molecular weight is 419 g/mol. The molecule has 1 aliphatic carbocycles. The zero-order chi connectivity index (χ0) is 20.1. The smallest absolute Gasteiger partial charge is 0.287 e. The van der Waals surface area contributed by atoms with Gasteiger partial charge in [0, 0.05) is 23.9 Å². The second-order valence-electron chi connectivity index (χ2n) is 7.90. The number of hydrogen-bond donors (Lipinski definition) is 0. The van der Waals surface area contributed by atoms with Crippen LogP contribution < -0.4 is 9.80 Å². The van der Waals surface area contributed by atoms with Gasteiger partial charge in [-0.25, -0.2) is 4.39 Å². The zero-order valence-corrected chi connectivity index (χ0v) is 16.9. The number of halogens is 1. The molecular weight excluding hydrogens is 397 g/mol. The molecule has 2 saturated heterocycles. The van der Waals surface area contributed by atoms with E-state index in [9.17, 15) is 9.59 Å². The molecule has 3 aliphatic rings. The third-order valence-corrected chi connectivity index (χ3v) is 7.30. The molecule has 2 aromatic rings. The maximum Gasteiger partial charge on any atom is 0.287 e. The quantitative estimate of drug-likeness (QED) is 0.696. The van der Waals surface area contributed by atoms with Crippen LogP contribution in [-0.4, -0.2) is 53.8 Å². The number of morpholine rings is 1. The number of carbonyl (C=O) groups is 2. The van der Waals surface area contributed by atoms with E-state index in [2.05, 4.69) is 5.16 Å². The lowest BCUT2D eigenvalue weighted by atomic mass is 9.94. The summed E-state index contributed by atoms with van der Waals surface area (Å²) in [5.74, 6) is -0.298. The highest BCUT2D eigenvalue weighted by atomic mass is 32.2. The highest BCUT2D eigenvalue weighted by Gasteiger charge is 2.44. The number of rotatable bonds is 3. The number of anilines is 2. The lowest BCUT2D eigenvalue weighted by molar-refractivity contribution is 0.0529. The van der Waals surface area contributed by atoms with Crippen molar-refractivity contribution in [1.29, 1.82) is 0 Å². The second-order valence-corrected chi connectivity index (χ2v) is 9.09. The lowest BCUT2D eigenvalue weighted by Gasteiger charge is -2.33. The van der Waals surface area contributed by atoms with Crippen LogP contribution in [0.15, 0.2) is 10.6 Å². The Labute approximate surface area is 171 Å². The molecule has 3 heterocycles. The Hall–Kier alpha value is -2.13. The number of aldehydes is 1. The van der Waals surface area contributed by atoms with E-state index in [4.69, 9.17) is 9.26 Å². The van der Waals surface area contributed by atoms with E-state index in [-0.39, 0.29) is 39.5 Å². The molecule has 1 aromatic heterocycles. The van der Waals surface area contributed by atoms with E-state index in [1.165, 1.54) is 11.8 Å². The third-order valence-electron chi connectivity index (χ3n) is 6.05. The van der Waals surface area contributed by atoms with Gasteiger partial charge in [0.15, 0.2) is 17.9 Å². The summed E-state index contributed by atoms with van der Waals surface area (Å²) in [5.41, 5.74) is 0.424. The fraction of sp³-hybridized carbons (Fsp3) is 0.550. The zero-order valence-electron chi connectivity index (χ0n) is 16.1.